The van der Waals surface area contributed by atoms with Gasteiger partial charge in [0.25, 0.3) is 0 Å². The molecule has 0 saturated carbocycles. The molecule has 21 heavy (non-hydrogen) atoms. The number of carbonyl (C=O) groups excluding carboxylic acids is 1. The van der Waals surface area contributed by atoms with Crippen molar-refractivity contribution in [2.45, 2.75) is 39.3 Å². The Morgan fingerprint density at radius 1 is 1.19 bits per heavy atom. The van der Waals surface area contributed by atoms with E-state index in [0.29, 0.717) is 18.1 Å². The highest BCUT2D eigenvalue weighted by molar-refractivity contribution is 5.86. The van der Waals surface area contributed by atoms with E-state index in [0.717, 1.165) is 6.42 Å². The largest absolute Gasteiger partial charge is 0.479 e. The quantitative estimate of drug-likeness (QED) is 0.771. The van der Waals surface area contributed by atoms with Crippen LogP contribution in [0.15, 0.2) is 30.3 Å². The Bertz CT molecular complexity index is 459. The molecule has 0 aliphatic rings. The fourth-order valence-electron chi connectivity index (χ4n) is 1.75. The van der Waals surface area contributed by atoms with E-state index in [9.17, 15) is 14.7 Å². The third kappa shape index (κ3) is 5.95. The molecule has 0 radical (unpaired) electrons. The topological polar surface area (TPSA) is 75.6 Å². The van der Waals surface area contributed by atoms with Gasteiger partial charge in [0.2, 0.25) is 5.91 Å². The number of ether oxygens (including phenoxy) is 1. The SMILES string of the molecule is CC(C)CCOC(C)C(=O)N[C@H](C(=O)O)c1ccccc1. The third-order valence-corrected chi connectivity index (χ3v) is 3.10. The predicted molar refractivity (Wildman–Crippen MR) is 79.8 cm³/mol. The van der Waals surface area contributed by atoms with E-state index in [-0.39, 0.29) is 0 Å². The van der Waals surface area contributed by atoms with Crippen LogP contribution in [0.2, 0.25) is 0 Å². The van der Waals surface area contributed by atoms with Gasteiger partial charge in [-0.2, -0.15) is 0 Å². The molecular weight excluding hydrogens is 270 g/mol. The highest BCUT2D eigenvalue weighted by atomic mass is 16.5. The van der Waals surface area contributed by atoms with Gasteiger partial charge < -0.3 is 15.2 Å². The second-order valence-corrected chi connectivity index (χ2v) is 5.39. The van der Waals surface area contributed by atoms with Crippen LogP contribution in [-0.4, -0.2) is 29.7 Å². The summed E-state index contributed by atoms with van der Waals surface area (Å²) in [5.74, 6) is -1.02. The van der Waals surface area contributed by atoms with E-state index >= 15 is 0 Å². The maximum Gasteiger partial charge on any atom is 0.330 e. The minimum atomic E-state index is -1.09. The van der Waals surface area contributed by atoms with Crippen LogP contribution in [0.1, 0.15) is 38.8 Å². The first-order chi connectivity index (χ1) is 9.91. The molecule has 1 unspecified atom stereocenters. The predicted octanol–water partition coefficient (Wildman–Crippen LogP) is 2.38. The van der Waals surface area contributed by atoms with Gasteiger partial charge in [-0.25, -0.2) is 4.79 Å². The van der Waals surface area contributed by atoms with Gasteiger partial charge in [-0.3, -0.25) is 4.79 Å². The molecule has 0 spiro atoms. The van der Waals surface area contributed by atoms with Crippen LogP contribution in [0, 0.1) is 5.92 Å². The first-order valence-electron chi connectivity index (χ1n) is 7.11. The molecule has 0 fully saturated rings. The molecule has 116 valence electrons. The first kappa shape index (κ1) is 17.2. The standard InChI is InChI=1S/C16H23NO4/c1-11(2)9-10-21-12(3)15(18)17-14(16(19)20)13-7-5-4-6-8-13/h4-8,11-12,14H,9-10H2,1-3H3,(H,17,18)(H,19,20)/t12?,14-/m0/s1. The van der Waals surface area contributed by atoms with E-state index in [2.05, 4.69) is 19.2 Å². The zero-order valence-electron chi connectivity index (χ0n) is 12.7. The summed E-state index contributed by atoms with van der Waals surface area (Å²) in [6, 6.07) is 7.55. The number of carboxylic acid groups (broad SMARTS) is 1. The molecule has 0 saturated heterocycles. The highest BCUT2D eigenvalue weighted by Gasteiger charge is 2.24. The molecule has 0 bridgehead atoms. The van der Waals surface area contributed by atoms with Crippen molar-refractivity contribution in [3.63, 3.8) is 0 Å². The Labute approximate surface area is 125 Å². The second kappa shape index (κ2) is 8.42. The number of rotatable bonds is 8. The fourth-order valence-corrected chi connectivity index (χ4v) is 1.75. The van der Waals surface area contributed by atoms with Crippen LogP contribution >= 0.6 is 0 Å². The summed E-state index contributed by atoms with van der Waals surface area (Å²) in [7, 11) is 0. The number of amides is 1. The molecule has 2 N–H and O–H groups in total. The molecule has 1 aromatic rings. The number of carboxylic acids is 1. The van der Waals surface area contributed by atoms with Gasteiger partial charge in [0.15, 0.2) is 6.04 Å². The summed E-state index contributed by atoms with van der Waals surface area (Å²) in [5, 5.41) is 11.8. The van der Waals surface area contributed by atoms with Crippen LogP contribution in [-0.2, 0) is 14.3 Å². The molecular formula is C16H23NO4. The lowest BCUT2D eigenvalue weighted by atomic mass is 10.1. The summed E-state index contributed by atoms with van der Waals surface area (Å²) in [6.07, 6.45) is 0.188. The molecule has 1 amide bonds. The molecule has 1 aromatic carbocycles. The molecule has 0 aliphatic heterocycles. The molecule has 0 aromatic heterocycles. The average molecular weight is 293 g/mol. The smallest absolute Gasteiger partial charge is 0.330 e. The lowest BCUT2D eigenvalue weighted by Crippen LogP contribution is -2.40. The van der Waals surface area contributed by atoms with Crippen LogP contribution < -0.4 is 5.32 Å². The average Bonchev–Trinajstić information content (AvgIpc) is 2.44. The van der Waals surface area contributed by atoms with Gasteiger partial charge in [0.05, 0.1) is 0 Å². The van der Waals surface area contributed by atoms with Crippen LogP contribution in [0.4, 0.5) is 0 Å². The number of nitrogens with one attached hydrogen (secondary N) is 1. The van der Waals surface area contributed by atoms with Crippen molar-refractivity contribution in [3.8, 4) is 0 Å². The van der Waals surface area contributed by atoms with Gasteiger partial charge in [-0.15, -0.1) is 0 Å². The maximum atomic E-state index is 12.0. The Hall–Kier alpha value is -1.88. The van der Waals surface area contributed by atoms with E-state index in [1.54, 1.807) is 37.3 Å². The monoisotopic (exact) mass is 293 g/mol. The minimum absolute atomic E-state index is 0.421. The summed E-state index contributed by atoms with van der Waals surface area (Å²) in [5.41, 5.74) is 0.535. The molecule has 0 heterocycles. The number of aliphatic carboxylic acids is 1. The van der Waals surface area contributed by atoms with Crippen molar-refractivity contribution in [2.24, 2.45) is 5.92 Å². The van der Waals surface area contributed by atoms with Gasteiger partial charge in [-0.05, 0) is 24.8 Å². The van der Waals surface area contributed by atoms with Crippen molar-refractivity contribution in [1.29, 1.82) is 0 Å². The van der Waals surface area contributed by atoms with Crippen LogP contribution in [0.25, 0.3) is 0 Å². The molecule has 5 nitrogen and oxygen atoms in total. The third-order valence-electron chi connectivity index (χ3n) is 3.10. The summed E-state index contributed by atoms with van der Waals surface area (Å²) in [6.45, 7) is 6.25. The van der Waals surface area contributed by atoms with Gasteiger partial charge in [0, 0.05) is 6.61 Å². The minimum Gasteiger partial charge on any atom is -0.479 e. The Morgan fingerprint density at radius 3 is 2.33 bits per heavy atom. The van der Waals surface area contributed by atoms with Crippen molar-refractivity contribution < 1.29 is 19.4 Å². The summed E-state index contributed by atoms with van der Waals surface area (Å²) < 4.78 is 5.43. The van der Waals surface area contributed by atoms with E-state index in [4.69, 9.17) is 4.74 Å². The zero-order valence-corrected chi connectivity index (χ0v) is 12.7. The summed E-state index contributed by atoms with van der Waals surface area (Å²) in [4.78, 5) is 23.3. The van der Waals surface area contributed by atoms with E-state index in [1.165, 1.54) is 0 Å². The summed E-state index contributed by atoms with van der Waals surface area (Å²) >= 11 is 0. The van der Waals surface area contributed by atoms with E-state index in [1.807, 2.05) is 0 Å². The number of hydrogen-bond donors (Lipinski definition) is 2. The van der Waals surface area contributed by atoms with Crippen molar-refractivity contribution in [3.05, 3.63) is 35.9 Å². The van der Waals surface area contributed by atoms with Gasteiger partial charge >= 0.3 is 5.97 Å². The zero-order chi connectivity index (χ0) is 15.8. The Morgan fingerprint density at radius 2 is 1.81 bits per heavy atom. The Balaban J connectivity index is 2.59. The molecule has 2 atom stereocenters. The van der Waals surface area contributed by atoms with Crippen LogP contribution in [0.5, 0.6) is 0 Å². The number of carbonyl (C=O) groups is 2. The van der Waals surface area contributed by atoms with E-state index < -0.39 is 24.0 Å². The van der Waals surface area contributed by atoms with Crippen molar-refractivity contribution >= 4 is 11.9 Å². The highest BCUT2D eigenvalue weighted by Crippen LogP contribution is 2.13. The molecule has 5 heteroatoms. The number of benzene rings is 1. The fraction of sp³-hybridized carbons (Fsp3) is 0.500. The number of hydrogen-bond acceptors (Lipinski definition) is 3. The lowest BCUT2D eigenvalue weighted by Gasteiger charge is -2.19. The van der Waals surface area contributed by atoms with Gasteiger partial charge in [-0.1, -0.05) is 44.2 Å². The van der Waals surface area contributed by atoms with Gasteiger partial charge in [0.1, 0.15) is 6.10 Å². The van der Waals surface area contributed by atoms with Crippen LogP contribution in [0.3, 0.4) is 0 Å². The molecule has 0 aliphatic carbocycles. The second-order valence-electron chi connectivity index (χ2n) is 5.39. The lowest BCUT2D eigenvalue weighted by molar-refractivity contribution is -0.144. The normalized spacial score (nSPS) is 13.7. The molecule has 1 rings (SSSR count). The first-order valence-corrected chi connectivity index (χ1v) is 7.11. The van der Waals surface area contributed by atoms with Crippen molar-refractivity contribution in [2.75, 3.05) is 6.61 Å². The Kier molecular flexibility index (Phi) is 6.88. The maximum absolute atomic E-state index is 12.0. The van der Waals surface area contributed by atoms with Crippen molar-refractivity contribution in [1.82, 2.24) is 5.32 Å².